The third-order valence-corrected chi connectivity index (χ3v) is 8.15. The minimum absolute atomic E-state index is 0.160. The number of methoxy groups -OCH3 is 2. The highest BCUT2D eigenvalue weighted by molar-refractivity contribution is 9.10. The first-order valence-electron chi connectivity index (χ1n) is 12.6. The summed E-state index contributed by atoms with van der Waals surface area (Å²) in [5.41, 5.74) is 3.74. The zero-order chi connectivity index (χ0) is 30.4. The third-order valence-electron chi connectivity index (χ3n) is 6.39. The monoisotopic (exact) mass is 653 g/mol. The maximum absolute atomic E-state index is 12.9. The molecular weight excluding hydrogens is 626 g/mol. The number of carbonyl (C=O) groups excluding carboxylic acids is 4. The highest BCUT2D eigenvalue weighted by atomic mass is 79.9. The molecule has 0 radical (unpaired) electrons. The van der Waals surface area contributed by atoms with Gasteiger partial charge in [0, 0.05) is 15.8 Å². The molecule has 3 aromatic rings. The number of imide groups is 1. The number of hydrogen-bond acceptors (Lipinski definition) is 8. The molecule has 1 aliphatic heterocycles. The second-order valence-electron chi connectivity index (χ2n) is 9.14. The van der Waals surface area contributed by atoms with Gasteiger partial charge in [0.25, 0.3) is 17.1 Å². The van der Waals surface area contributed by atoms with Gasteiger partial charge in [-0.15, -0.1) is 0 Å². The van der Waals surface area contributed by atoms with Crippen molar-refractivity contribution in [2.24, 2.45) is 0 Å². The molecule has 0 aromatic heterocycles. The molecule has 0 aliphatic carbocycles. The van der Waals surface area contributed by atoms with Crippen LogP contribution in [0.3, 0.4) is 0 Å². The number of anilines is 2. The third kappa shape index (κ3) is 7.31. The van der Waals surface area contributed by atoms with Crippen LogP contribution in [0.2, 0.25) is 0 Å². The zero-order valence-electron chi connectivity index (χ0n) is 23.3. The number of thioether (sulfide) groups is 1. The van der Waals surface area contributed by atoms with Gasteiger partial charge >= 0.3 is 0 Å². The largest absolute Gasteiger partial charge is 0.497 e. The fourth-order valence-corrected chi connectivity index (χ4v) is 5.22. The van der Waals surface area contributed by atoms with Gasteiger partial charge in [-0.3, -0.25) is 24.1 Å². The summed E-state index contributed by atoms with van der Waals surface area (Å²) in [6, 6.07) is 15.3. The fraction of sp³-hybridized carbons (Fsp3) is 0.200. The van der Waals surface area contributed by atoms with Crippen molar-refractivity contribution in [2.45, 2.75) is 13.8 Å². The number of nitrogens with one attached hydrogen (secondary N) is 2. The van der Waals surface area contributed by atoms with Crippen LogP contribution in [0.4, 0.5) is 16.2 Å². The van der Waals surface area contributed by atoms with E-state index in [1.54, 1.807) is 42.5 Å². The quantitative estimate of drug-likeness (QED) is 0.264. The van der Waals surface area contributed by atoms with Crippen LogP contribution in [0.5, 0.6) is 17.2 Å². The van der Waals surface area contributed by atoms with Gasteiger partial charge in [0.15, 0.2) is 18.1 Å². The molecule has 0 spiro atoms. The average Bonchev–Trinajstić information content (AvgIpc) is 3.24. The Morgan fingerprint density at radius 1 is 0.905 bits per heavy atom. The van der Waals surface area contributed by atoms with Crippen molar-refractivity contribution >= 4 is 68.1 Å². The Hall–Kier alpha value is -4.29. The smallest absolute Gasteiger partial charge is 0.294 e. The van der Waals surface area contributed by atoms with Crippen LogP contribution in [0.1, 0.15) is 16.7 Å². The van der Waals surface area contributed by atoms with Crippen molar-refractivity contribution in [3.05, 3.63) is 80.7 Å². The Bertz CT molecular complexity index is 1570. The van der Waals surface area contributed by atoms with Crippen molar-refractivity contribution in [3.63, 3.8) is 0 Å². The van der Waals surface area contributed by atoms with Crippen molar-refractivity contribution in [3.8, 4) is 17.2 Å². The highest BCUT2D eigenvalue weighted by Gasteiger charge is 2.36. The summed E-state index contributed by atoms with van der Waals surface area (Å²) in [6.45, 7) is 3.21. The molecule has 1 heterocycles. The van der Waals surface area contributed by atoms with Gasteiger partial charge in [-0.2, -0.15) is 0 Å². The summed E-state index contributed by atoms with van der Waals surface area (Å²) in [5, 5.41) is 4.95. The molecule has 218 valence electrons. The number of carbonyl (C=O) groups is 4. The minimum atomic E-state index is -0.579. The van der Waals surface area contributed by atoms with Gasteiger partial charge in [-0.25, -0.2) is 0 Å². The Morgan fingerprint density at radius 3 is 2.33 bits per heavy atom. The molecule has 4 amide bonds. The van der Waals surface area contributed by atoms with E-state index in [9.17, 15) is 19.2 Å². The van der Waals surface area contributed by atoms with Crippen LogP contribution in [0, 0.1) is 13.8 Å². The molecule has 0 bridgehead atoms. The predicted molar refractivity (Wildman–Crippen MR) is 165 cm³/mol. The van der Waals surface area contributed by atoms with Crippen molar-refractivity contribution in [1.82, 2.24) is 4.90 Å². The van der Waals surface area contributed by atoms with Crippen LogP contribution in [0.15, 0.2) is 64.0 Å². The second kappa shape index (κ2) is 13.6. The number of rotatable bonds is 10. The van der Waals surface area contributed by atoms with Gasteiger partial charge in [-0.1, -0.05) is 22.0 Å². The lowest BCUT2D eigenvalue weighted by molar-refractivity contribution is -0.127. The van der Waals surface area contributed by atoms with E-state index in [1.807, 2.05) is 26.0 Å². The fourth-order valence-electron chi connectivity index (χ4n) is 3.95. The Kier molecular flexibility index (Phi) is 9.92. The van der Waals surface area contributed by atoms with E-state index in [0.29, 0.717) is 34.2 Å². The van der Waals surface area contributed by atoms with E-state index < -0.39 is 23.6 Å². The number of ether oxygens (including phenoxy) is 3. The second-order valence-corrected chi connectivity index (χ2v) is 11.0. The molecule has 1 fully saturated rings. The Morgan fingerprint density at radius 2 is 1.64 bits per heavy atom. The molecule has 2 N–H and O–H groups in total. The number of benzene rings is 3. The van der Waals surface area contributed by atoms with Gasteiger partial charge < -0.3 is 24.8 Å². The van der Waals surface area contributed by atoms with Gasteiger partial charge in [0.1, 0.15) is 12.3 Å². The maximum atomic E-state index is 12.9. The first kappa shape index (κ1) is 30.7. The Balaban J connectivity index is 1.37. The van der Waals surface area contributed by atoms with Crippen LogP contribution >= 0.6 is 27.7 Å². The van der Waals surface area contributed by atoms with E-state index in [1.165, 1.54) is 20.3 Å². The molecule has 1 aliphatic rings. The summed E-state index contributed by atoms with van der Waals surface area (Å²) in [6.07, 6.45) is 1.53. The number of amides is 4. The van der Waals surface area contributed by atoms with E-state index in [0.717, 1.165) is 32.3 Å². The molecule has 0 atom stereocenters. The molecule has 12 heteroatoms. The van der Waals surface area contributed by atoms with Crippen LogP contribution in [-0.4, -0.2) is 55.2 Å². The van der Waals surface area contributed by atoms with Crippen molar-refractivity contribution in [1.29, 1.82) is 0 Å². The lowest BCUT2D eigenvalue weighted by Gasteiger charge is -2.14. The van der Waals surface area contributed by atoms with Crippen LogP contribution in [0.25, 0.3) is 6.08 Å². The van der Waals surface area contributed by atoms with Crippen LogP contribution in [-0.2, 0) is 14.4 Å². The van der Waals surface area contributed by atoms with Crippen molar-refractivity contribution in [2.75, 3.05) is 38.0 Å². The lowest BCUT2D eigenvalue weighted by atomic mass is 10.1. The molecule has 3 aromatic carbocycles. The summed E-state index contributed by atoms with van der Waals surface area (Å²) in [7, 11) is 2.99. The topological polar surface area (TPSA) is 123 Å². The predicted octanol–water partition coefficient (Wildman–Crippen LogP) is 5.78. The molecule has 10 nitrogen and oxygen atoms in total. The molecule has 1 saturated heterocycles. The summed E-state index contributed by atoms with van der Waals surface area (Å²) < 4.78 is 17.2. The molecular formula is C30H28BrN3O7S. The first-order chi connectivity index (χ1) is 20.1. The zero-order valence-corrected chi connectivity index (χ0v) is 25.7. The summed E-state index contributed by atoms with van der Waals surface area (Å²) in [5.74, 6) is -0.129. The van der Waals surface area contributed by atoms with Crippen molar-refractivity contribution < 1.29 is 33.4 Å². The molecule has 0 saturated carbocycles. The van der Waals surface area contributed by atoms with E-state index >= 15 is 0 Å². The minimum Gasteiger partial charge on any atom is -0.497 e. The first-order valence-corrected chi connectivity index (χ1v) is 14.3. The van der Waals surface area contributed by atoms with E-state index in [-0.39, 0.29) is 17.4 Å². The number of hydrogen-bond donors (Lipinski definition) is 2. The van der Waals surface area contributed by atoms with Gasteiger partial charge in [-0.05, 0) is 96.9 Å². The van der Waals surface area contributed by atoms with E-state index in [4.69, 9.17) is 14.2 Å². The molecule has 0 unspecified atom stereocenters. The highest BCUT2D eigenvalue weighted by Crippen LogP contribution is 2.35. The molecule has 4 rings (SSSR count). The van der Waals surface area contributed by atoms with Gasteiger partial charge in [0.05, 0.1) is 19.1 Å². The summed E-state index contributed by atoms with van der Waals surface area (Å²) in [4.78, 5) is 51.5. The SMILES string of the molecule is COc1ccc(NC(=O)CN2C(=O)S/C(=C/c3ccc(OCC(=O)Nc4ccc(Br)c(C)c4C)c(OC)c3)C2=O)cc1. The summed E-state index contributed by atoms with van der Waals surface area (Å²) >= 11 is 4.22. The Labute approximate surface area is 255 Å². The van der Waals surface area contributed by atoms with Crippen LogP contribution < -0.4 is 24.8 Å². The molecule has 42 heavy (non-hydrogen) atoms. The average molecular weight is 655 g/mol. The maximum Gasteiger partial charge on any atom is 0.294 e. The van der Waals surface area contributed by atoms with Gasteiger partial charge in [0.2, 0.25) is 5.91 Å². The number of nitrogens with zero attached hydrogens (tertiary/aromatic N) is 1. The van der Waals surface area contributed by atoms with E-state index in [2.05, 4.69) is 26.6 Å². The normalized spacial score (nSPS) is 13.7. The lowest BCUT2D eigenvalue weighted by Crippen LogP contribution is -2.36. The standard InChI is InChI=1S/C30H28BrN3O7S/c1-17-18(2)23(11-10-22(17)31)33-28(36)16-41-24-12-5-19(13-25(24)40-4)14-26-29(37)34(30(38)42-26)15-27(35)32-20-6-8-21(39-3)9-7-20/h5-14H,15-16H2,1-4H3,(H,32,35)(H,33,36)/b26-14+. The number of halogens is 1.